The van der Waals surface area contributed by atoms with Crippen LogP contribution in [0.4, 0.5) is 0 Å². The third-order valence-electron chi connectivity index (χ3n) is 4.82. The van der Waals surface area contributed by atoms with Crippen molar-refractivity contribution in [3.05, 3.63) is 71.8 Å². The minimum atomic E-state index is -0.209. The molecule has 2 aromatic rings. The van der Waals surface area contributed by atoms with E-state index in [1.807, 2.05) is 41.3 Å². The summed E-state index contributed by atoms with van der Waals surface area (Å²) >= 11 is 0. The van der Waals surface area contributed by atoms with Crippen LogP contribution in [0.3, 0.4) is 0 Å². The second-order valence-electron chi connectivity index (χ2n) is 7.27. The summed E-state index contributed by atoms with van der Waals surface area (Å²) in [5.74, 6) is 0.685. The van der Waals surface area contributed by atoms with Crippen molar-refractivity contribution >= 4 is 5.91 Å². The lowest BCUT2D eigenvalue weighted by atomic mass is 9.90. The van der Waals surface area contributed by atoms with Crippen LogP contribution >= 0.6 is 0 Å². The number of carbonyl (C=O) groups excluding carboxylic acids is 1. The molecule has 1 aliphatic rings. The highest BCUT2D eigenvalue weighted by molar-refractivity contribution is 5.87. The van der Waals surface area contributed by atoms with Gasteiger partial charge in [0.05, 0.1) is 5.92 Å². The molecule has 0 aliphatic carbocycles. The molecule has 2 aromatic carbocycles. The molecule has 3 heteroatoms. The van der Waals surface area contributed by atoms with Crippen molar-refractivity contribution in [2.45, 2.75) is 19.8 Å². The van der Waals surface area contributed by atoms with E-state index < -0.39 is 0 Å². The Balaban J connectivity index is 1.77. The summed E-state index contributed by atoms with van der Waals surface area (Å²) in [6, 6.07) is 20.3. The van der Waals surface area contributed by atoms with Gasteiger partial charge in [-0.2, -0.15) is 0 Å². The average Bonchev–Trinajstić information content (AvgIpc) is 2.64. The quantitative estimate of drug-likeness (QED) is 0.832. The van der Waals surface area contributed by atoms with Gasteiger partial charge < -0.3 is 4.90 Å². The molecule has 1 fully saturated rings. The molecule has 0 aromatic heterocycles. The molecular formula is C22H28N2O. The molecule has 0 atom stereocenters. The van der Waals surface area contributed by atoms with Gasteiger partial charge in [0.25, 0.3) is 0 Å². The molecule has 1 aliphatic heterocycles. The highest BCUT2D eigenvalue weighted by Crippen LogP contribution is 2.27. The first kappa shape index (κ1) is 17.7. The Morgan fingerprint density at radius 3 is 1.76 bits per heavy atom. The smallest absolute Gasteiger partial charge is 0.234 e. The molecule has 25 heavy (non-hydrogen) atoms. The molecule has 0 N–H and O–H groups in total. The molecule has 0 radical (unpaired) electrons. The Labute approximate surface area is 151 Å². The highest BCUT2D eigenvalue weighted by Gasteiger charge is 2.29. The van der Waals surface area contributed by atoms with Gasteiger partial charge in [-0.15, -0.1) is 0 Å². The zero-order valence-electron chi connectivity index (χ0n) is 15.3. The summed E-state index contributed by atoms with van der Waals surface area (Å²) in [5, 5.41) is 0. The largest absolute Gasteiger partial charge is 0.339 e. The van der Waals surface area contributed by atoms with Gasteiger partial charge in [0.2, 0.25) is 5.91 Å². The second kappa shape index (κ2) is 8.30. The molecule has 1 heterocycles. The van der Waals surface area contributed by atoms with E-state index in [2.05, 4.69) is 43.0 Å². The van der Waals surface area contributed by atoms with E-state index in [9.17, 15) is 4.79 Å². The molecule has 0 saturated carbocycles. The lowest BCUT2D eigenvalue weighted by molar-refractivity contribution is -0.133. The van der Waals surface area contributed by atoms with E-state index in [1.165, 1.54) is 0 Å². The van der Waals surface area contributed by atoms with E-state index in [-0.39, 0.29) is 11.8 Å². The van der Waals surface area contributed by atoms with Crippen LogP contribution in [-0.2, 0) is 4.79 Å². The predicted octanol–water partition coefficient (Wildman–Crippen LogP) is 3.62. The number of piperazine rings is 1. The first-order valence-corrected chi connectivity index (χ1v) is 9.26. The van der Waals surface area contributed by atoms with Gasteiger partial charge in [0.15, 0.2) is 0 Å². The normalized spacial score (nSPS) is 15.8. The summed E-state index contributed by atoms with van der Waals surface area (Å²) in [6.07, 6.45) is 0. The van der Waals surface area contributed by atoms with Crippen molar-refractivity contribution < 1.29 is 4.79 Å². The van der Waals surface area contributed by atoms with Gasteiger partial charge in [0, 0.05) is 32.7 Å². The van der Waals surface area contributed by atoms with Gasteiger partial charge in [-0.3, -0.25) is 9.69 Å². The Bertz CT molecular complexity index is 621. The fraction of sp³-hybridized carbons (Fsp3) is 0.409. The molecule has 1 amide bonds. The van der Waals surface area contributed by atoms with Gasteiger partial charge in [-0.1, -0.05) is 74.5 Å². The molecule has 0 bridgehead atoms. The topological polar surface area (TPSA) is 23.6 Å². The number of hydrogen-bond acceptors (Lipinski definition) is 2. The zero-order chi connectivity index (χ0) is 17.6. The van der Waals surface area contributed by atoms with Gasteiger partial charge in [-0.05, 0) is 17.0 Å². The minimum Gasteiger partial charge on any atom is -0.339 e. The van der Waals surface area contributed by atoms with Crippen molar-refractivity contribution in [1.29, 1.82) is 0 Å². The Morgan fingerprint density at radius 2 is 1.32 bits per heavy atom. The Kier molecular flexibility index (Phi) is 5.87. The van der Waals surface area contributed by atoms with Crippen molar-refractivity contribution in [2.75, 3.05) is 32.7 Å². The lowest BCUT2D eigenvalue weighted by Crippen LogP contribution is -2.50. The van der Waals surface area contributed by atoms with E-state index in [0.717, 1.165) is 43.9 Å². The van der Waals surface area contributed by atoms with Crippen molar-refractivity contribution in [3.63, 3.8) is 0 Å². The Hall–Kier alpha value is -2.13. The SMILES string of the molecule is CC(C)CN1CCN(C(=O)C(c2ccccc2)c2ccccc2)CC1. The van der Waals surface area contributed by atoms with Crippen LogP contribution in [-0.4, -0.2) is 48.4 Å². The first-order chi connectivity index (χ1) is 12.1. The summed E-state index contributed by atoms with van der Waals surface area (Å²) in [7, 11) is 0. The van der Waals surface area contributed by atoms with Gasteiger partial charge >= 0.3 is 0 Å². The highest BCUT2D eigenvalue weighted by atomic mass is 16.2. The van der Waals surface area contributed by atoms with Gasteiger partial charge in [-0.25, -0.2) is 0 Å². The first-order valence-electron chi connectivity index (χ1n) is 9.26. The molecule has 0 unspecified atom stereocenters. The zero-order valence-corrected chi connectivity index (χ0v) is 15.3. The predicted molar refractivity (Wildman–Crippen MR) is 103 cm³/mol. The fourth-order valence-electron chi connectivity index (χ4n) is 3.62. The third-order valence-corrected chi connectivity index (χ3v) is 4.82. The number of amides is 1. The molecule has 1 saturated heterocycles. The monoisotopic (exact) mass is 336 g/mol. The lowest BCUT2D eigenvalue weighted by Gasteiger charge is -2.37. The maximum absolute atomic E-state index is 13.3. The van der Waals surface area contributed by atoms with Crippen molar-refractivity contribution in [3.8, 4) is 0 Å². The van der Waals surface area contributed by atoms with Crippen molar-refractivity contribution in [1.82, 2.24) is 9.80 Å². The average molecular weight is 336 g/mol. The van der Waals surface area contributed by atoms with E-state index in [0.29, 0.717) is 5.92 Å². The molecule has 0 spiro atoms. The Morgan fingerprint density at radius 1 is 0.840 bits per heavy atom. The van der Waals surface area contributed by atoms with E-state index in [4.69, 9.17) is 0 Å². The van der Waals surface area contributed by atoms with Crippen LogP contribution in [0.1, 0.15) is 30.9 Å². The summed E-state index contributed by atoms with van der Waals surface area (Å²) < 4.78 is 0. The number of nitrogens with zero attached hydrogens (tertiary/aromatic N) is 2. The number of benzene rings is 2. The number of carbonyl (C=O) groups is 1. The van der Waals surface area contributed by atoms with Crippen LogP contribution in [0.15, 0.2) is 60.7 Å². The second-order valence-corrected chi connectivity index (χ2v) is 7.27. The van der Waals surface area contributed by atoms with Gasteiger partial charge in [0.1, 0.15) is 0 Å². The molecule has 3 rings (SSSR count). The summed E-state index contributed by atoms with van der Waals surface area (Å²) in [5.41, 5.74) is 2.15. The van der Waals surface area contributed by atoms with Crippen molar-refractivity contribution in [2.24, 2.45) is 5.92 Å². The number of hydrogen-bond donors (Lipinski definition) is 0. The summed E-state index contributed by atoms with van der Waals surface area (Å²) in [6.45, 7) is 9.20. The third kappa shape index (κ3) is 4.49. The minimum absolute atomic E-state index is 0.209. The fourth-order valence-corrected chi connectivity index (χ4v) is 3.62. The van der Waals surface area contributed by atoms with Crippen LogP contribution in [0.5, 0.6) is 0 Å². The number of rotatable bonds is 5. The standard InChI is InChI=1S/C22H28N2O/c1-18(2)17-23-13-15-24(16-14-23)22(25)21(19-9-5-3-6-10-19)20-11-7-4-8-12-20/h3-12,18,21H,13-17H2,1-2H3. The molecule has 132 valence electrons. The summed E-state index contributed by atoms with van der Waals surface area (Å²) in [4.78, 5) is 17.8. The van der Waals surface area contributed by atoms with Crippen LogP contribution in [0.2, 0.25) is 0 Å². The van der Waals surface area contributed by atoms with E-state index in [1.54, 1.807) is 0 Å². The maximum Gasteiger partial charge on any atom is 0.234 e. The van der Waals surface area contributed by atoms with Crippen LogP contribution in [0, 0.1) is 5.92 Å². The van der Waals surface area contributed by atoms with E-state index >= 15 is 0 Å². The van der Waals surface area contributed by atoms with Crippen LogP contribution in [0.25, 0.3) is 0 Å². The van der Waals surface area contributed by atoms with Crippen LogP contribution < -0.4 is 0 Å². The molecule has 3 nitrogen and oxygen atoms in total. The molecular weight excluding hydrogens is 308 g/mol. The maximum atomic E-state index is 13.3.